The molecule has 0 aliphatic rings. The van der Waals surface area contributed by atoms with Crippen LogP contribution in [0.5, 0.6) is 0 Å². The van der Waals surface area contributed by atoms with E-state index in [9.17, 15) is 0 Å². The molecule has 54 valence electrons. The molecule has 4 nitrogen and oxygen atoms in total. The molecule has 0 fully saturated rings. The summed E-state index contributed by atoms with van der Waals surface area (Å²) >= 11 is 0. The van der Waals surface area contributed by atoms with Gasteiger partial charge in [-0.2, -0.15) is 0 Å². The molecule has 0 aromatic carbocycles. The molecule has 0 amide bonds. The maximum absolute atomic E-state index is 9.06. The van der Waals surface area contributed by atoms with Crippen molar-refractivity contribution in [3.63, 3.8) is 0 Å². The highest BCUT2D eigenvalue weighted by Crippen LogP contribution is 1.79. The first-order valence-corrected chi connectivity index (χ1v) is 2.50. The molecule has 0 atom stereocenters. The Morgan fingerprint density at radius 1 is 1.50 bits per heavy atom. The molecule has 1 aromatic rings. The lowest BCUT2D eigenvalue weighted by Crippen LogP contribution is -1.77. The minimum atomic E-state index is -0.611. The molecule has 0 spiro atoms. The van der Waals surface area contributed by atoms with Crippen molar-refractivity contribution in [3.05, 3.63) is 47.6 Å². The first-order chi connectivity index (χ1) is 4.77. The third-order valence-corrected chi connectivity index (χ3v) is 0.574. The van der Waals surface area contributed by atoms with Crippen molar-refractivity contribution in [2.24, 2.45) is 0 Å². The summed E-state index contributed by atoms with van der Waals surface area (Å²) in [6, 6.07) is 3.67. The third-order valence-electron chi connectivity index (χ3n) is 0.574. The standard InChI is InChI=1S/C4H4O.C2H3NO2/c1-2-4-5-3-1;1-2-3(4)5/h1-4H;2H,1H2. The minimum absolute atomic E-state index is 0.611. The minimum Gasteiger partial charge on any atom is -0.473 e. The molecule has 0 saturated heterocycles. The first-order valence-electron chi connectivity index (χ1n) is 2.50. The summed E-state index contributed by atoms with van der Waals surface area (Å²) in [4.78, 5) is 8.44. The molecular formula is C6H7NO3. The Balaban J connectivity index is 0.000000162. The van der Waals surface area contributed by atoms with Gasteiger partial charge >= 0.3 is 0 Å². The number of furan rings is 1. The summed E-state index contributed by atoms with van der Waals surface area (Å²) in [5, 5.41) is 9.06. The van der Waals surface area contributed by atoms with Crippen LogP contribution in [-0.4, -0.2) is 4.92 Å². The van der Waals surface area contributed by atoms with Crippen molar-refractivity contribution in [2.45, 2.75) is 0 Å². The van der Waals surface area contributed by atoms with Gasteiger partial charge in [-0.1, -0.05) is 0 Å². The monoisotopic (exact) mass is 141 g/mol. The van der Waals surface area contributed by atoms with Gasteiger partial charge < -0.3 is 4.42 Å². The second-order valence-electron chi connectivity index (χ2n) is 1.26. The van der Waals surface area contributed by atoms with Gasteiger partial charge in [0.25, 0.3) is 0 Å². The molecule has 0 bridgehead atoms. The van der Waals surface area contributed by atoms with Crippen LogP contribution in [0.1, 0.15) is 0 Å². The van der Waals surface area contributed by atoms with Crippen LogP contribution in [0.25, 0.3) is 0 Å². The van der Waals surface area contributed by atoms with Gasteiger partial charge in [0.2, 0.25) is 6.20 Å². The molecule has 0 saturated carbocycles. The van der Waals surface area contributed by atoms with Gasteiger partial charge in [-0.05, 0) is 18.7 Å². The van der Waals surface area contributed by atoms with Crippen LogP contribution in [-0.2, 0) is 0 Å². The zero-order chi connectivity index (χ0) is 7.82. The summed E-state index contributed by atoms with van der Waals surface area (Å²) in [5.74, 6) is 0. The predicted molar refractivity (Wildman–Crippen MR) is 35.9 cm³/mol. The average molecular weight is 141 g/mol. The van der Waals surface area contributed by atoms with E-state index in [0.717, 1.165) is 0 Å². The fourth-order valence-electron chi connectivity index (χ4n) is 0.227. The summed E-state index contributed by atoms with van der Waals surface area (Å²) in [7, 11) is 0. The molecular weight excluding hydrogens is 134 g/mol. The van der Waals surface area contributed by atoms with E-state index in [1.807, 2.05) is 12.1 Å². The van der Waals surface area contributed by atoms with Crippen LogP contribution in [0.3, 0.4) is 0 Å². The van der Waals surface area contributed by atoms with Crippen molar-refractivity contribution in [3.8, 4) is 0 Å². The lowest BCUT2D eigenvalue weighted by Gasteiger charge is -1.65. The van der Waals surface area contributed by atoms with Crippen LogP contribution in [0.2, 0.25) is 0 Å². The highest BCUT2D eigenvalue weighted by Gasteiger charge is 1.69. The molecule has 0 N–H and O–H groups in total. The smallest absolute Gasteiger partial charge is 0.227 e. The van der Waals surface area contributed by atoms with Gasteiger partial charge in [-0.3, -0.25) is 10.1 Å². The summed E-state index contributed by atoms with van der Waals surface area (Å²) < 4.78 is 4.58. The number of rotatable bonds is 1. The summed E-state index contributed by atoms with van der Waals surface area (Å²) in [5.41, 5.74) is 0. The molecule has 1 rings (SSSR count). The molecule has 0 unspecified atom stereocenters. The molecule has 1 aromatic heterocycles. The summed E-state index contributed by atoms with van der Waals surface area (Å²) in [6.45, 7) is 2.86. The van der Waals surface area contributed by atoms with E-state index < -0.39 is 4.92 Å². The van der Waals surface area contributed by atoms with Crippen LogP contribution in [0.4, 0.5) is 0 Å². The molecule has 0 aliphatic heterocycles. The molecule has 0 radical (unpaired) electrons. The van der Waals surface area contributed by atoms with E-state index in [0.29, 0.717) is 6.20 Å². The Morgan fingerprint density at radius 2 is 1.90 bits per heavy atom. The third kappa shape index (κ3) is 6.42. The second kappa shape index (κ2) is 5.55. The van der Waals surface area contributed by atoms with Crippen LogP contribution in [0, 0.1) is 10.1 Å². The van der Waals surface area contributed by atoms with Gasteiger partial charge in [-0.25, -0.2) is 0 Å². The normalized spacial score (nSPS) is 7.20. The maximum atomic E-state index is 9.06. The van der Waals surface area contributed by atoms with E-state index in [1.54, 1.807) is 12.5 Å². The molecule has 4 heteroatoms. The van der Waals surface area contributed by atoms with Crippen molar-refractivity contribution in [1.29, 1.82) is 0 Å². The molecule has 0 aliphatic carbocycles. The Labute approximate surface area is 57.9 Å². The molecule has 10 heavy (non-hydrogen) atoms. The second-order valence-corrected chi connectivity index (χ2v) is 1.26. The topological polar surface area (TPSA) is 56.3 Å². The van der Waals surface area contributed by atoms with E-state index >= 15 is 0 Å². The van der Waals surface area contributed by atoms with Crippen molar-refractivity contribution in [2.75, 3.05) is 0 Å². The Hall–Kier alpha value is -1.58. The van der Waals surface area contributed by atoms with Crippen molar-refractivity contribution in [1.82, 2.24) is 0 Å². The highest BCUT2D eigenvalue weighted by molar-refractivity contribution is 4.79. The van der Waals surface area contributed by atoms with Crippen molar-refractivity contribution >= 4 is 0 Å². The highest BCUT2D eigenvalue weighted by atomic mass is 16.6. The van der Waals surface area contributed by atoms with E-state index in [4.69, 9.17) is 10.1 Å². The van der Waals surface area contributed by atoms with Crippen LogP contribution >= 0.6 is 0 Å². The van der Waals surface area contributed by atoms with Crippen LogP contribution in [0.15, 0.2) is 41.9 Å². The first kappa shape index (κ1) is 8.42. The lowest BCUT2D eigenvalue weighted by atomic mass is 10.7. The van der Waals surface area contributed by atoms with Gasteiger partial charge in [0.1, 0.15) is 0 Å². The number of hydrogen-bond acceptors (Lipinski definition) is 3. The van der Waals surface area contributed by atoms with Gasteiger partial charge in [0.15, 0.2) is 0 Å². The summed E-state index contributed by atoms with van der Waals surface area (Å²) in [6.07, 6.45) is 3.89. The fourth-order valence-corrected chi connectivity index (χ4v) is 0.227. The van der Waals surface area contributed by atoms with E-state index in [1.165, 1.54) is 0 Å². The number of nitrogens with zero attached hydrogens (tertiary/aromatic N) is 1. The van der Waals surface area contributed by atoms with Gasteiger partial charge in [-0.15, -0.1) is 0 Å². The maximum Gasteiger partial charge on any atom is 0.227 e. The van der Waals surface area contributed by atoms with Crippen molar-refractivity contribution < 1.29 is 9.34 Å². The zero-order valence-electron chi connectivity index (χ0n) is 5.27. The Kier molecular flexibility index (Phi) is 4.68. The lowest BCUT2D eigenvalue weighted by molar-refractivity contribution is -0.401. The van der Waals surface area contributed by atoms with Crippen LogP contribution < -0.4 is 0 Å². The molecule has 1 heterocycles. The Morgan fingerprint density at radius 3 is 2.00 bits per heavy atom. The zero-order valence-corrected chi connectivity index (χ0v) is 5.27. The van der Waals surface area contributed by atoms with E-state index in [2.05, 4.69) is 11.0 Å². The number of hydrogen-bond donors (Lipinski definition) is 0. The van der Waals surface area contributed by atoms with E-state index in [-0.39, 0.29) is 0 Å². The van der Waals surface area contributed by atoms with Gasteiger partial charge in [0, 0.05) is 0 Å². The SMILES string of the molecule is C=C[N+](=O)[O-].c1ccoc1. The van der Waals surface area contributed by atoms with Gasteiger partial charge in [0.05, 0.1) is 17.4 Å². The average Bonchev–Trinajstić information content (AvgIpc) is 2.43. The predicted octanol–water partition coefficient (Wildman–Crippen LogP) is 1.69. The largest absolute Gasteiger partial charge is 0.473 e. The number of nitro groups is 1. The quantitative estimate of drug-likeness (QED) is 0.441. The Bertz CT molecular complexity index is 164. The fraction of sp³-hybridized carbons (Fsp3) is 0.